The SMILES string of the molecule is O=C(c1ccc(O)c(Cl)c1)N1C[C@@H]2CC[C@H]1CN(C1CCOCC1)C2. The second kappa shape index (κ2) is 7.14. The third kappa shape index (κ3) is 3.50. The van der Waals surface area contributed by atoms with E-state index in [-0.39, 0.29) is 22.7 Å². The van der Waals surface area contributed by atoms with Gasteiger partial charge in [-0.2, -0.15) is 0 Å². The summed E-state index contributed by atoms with van der Waals surface area (Å²) in [7, 11) is 0. The average molecular weight is 365 g/mol. The van der Waals surface area contributed by atoms with Crippen molar-refractivity contribution < 1.29 is 14.6 Å². The van der Waals surface area contributed by atoms with Crippen molar-refractivity contribution in [3.8, 4) is 5.75 Å². The quantitative estimate of drug-likeness (QED) is 0.876. The molecule has 1 N–H and O–H groups in total. The molecule has 6 heteroatoms. The molecule has 1 amide bonds. The number of carbonyl (C=O) groups excluding carboxylic acids is 1. The number of hydrogen-bond acceptors (Lipinski definition) is 4. The summed E-state index contributed by atoms with van der Waals surface area (Å²) < 4.78 is 5.50. The minimum Gasteiger partial charge on any atom is -0.506 e. The van der Waals surface area contributed by atoms with Crippen LogP contribution in [0.5, 0.6) is 5.75 Å². The zero-order chi connectivity index (χ0) is 17.4. The summed E-state index contributed by atoms with van der Waals surface area (Å²) >= 11 is 5.99. The summed E-state index contributed by atoms with van der Waals surface area (Å²) in [5.74, 6) is 0.588. The number of ether oxygens (including phenoxy) is 1. The largest absolute Gasteiger partial charge is 0.506 e. The highest BCUT2D eigenvalue weighted by Crippen LogP contribution is 2.32. The van der Waals surface area contributed by atoms with E-state index in [1.165, 1.54) is 12.5 Å². The van der Waals surface area contributed by atoms with Gasteiger partial charge in [-0.05, 0) is 49.8 Å². The lowest BCUT2D eigenvalue weighted by Crippen LogP contribution is -2.48. The number of benzene rings is 1. The van der Waals surface area contributed by atoms with Gasteiger partial charge >= 0.3 is 0 Å². The molecule has 4 aliphatic heterocycles. The van der Waals surface area contributed by atoms with Gasteiger partial charge in [0, 0.05) is 50.5 Å². The molecule has 4 heterocycles. The molecule has 0 saturated carbocycles. The molecule has 5 rings (SSSR count). The van der Waals surface area contributed by atoms with Gasteiger partial charge in [0.1, 0.15) is 5.75 Å². The van der Waals surface area contributed by atoms with Gasteiger partial charge in [-0.3, -0.25) is 9.69 Å². The van der Waals surface area contributed by atoms with Gasteiger partial charge in [0.25, 0.3) is 5.91 Å². The molecule has 4 saturated heterocycles. The third-order valence-electron chi connectivity index (χ3n) is 5.90. The number of nitrogens with zero attached hydrogens (tertiary/aromatic N) is 2. The predicted molar refractivity (Wildman–Crippen MR) is 96.1 cm³/mol. The Kier molecular flexibility index (Phi) is 4.89. The normalized spacial score (nSPS) is 28.1. The fourth-order valence-corrected chi connectivity index (χ4v) is 4.70. The maximum absolute atomic E-state index is 13.0. The summed E-state index contributed by atoms with van der Waals surface area (Å²) in [4.78, 5) is 17.7. The smallest absolute Gasteiger partial charge is 0.254 e. The topological polar surface area (TPSA) is 53.0 Å². The van der Waals surface area contributed by atoms with Crippen LogP contribution >= 0.6 is 11.6 Å². The molecule has 1 aromatic carbocycles. The molecule has 2 bridgehead atoms. The maximum atomic E-state index is 13.0. The first-order chi connectivity index (χ1) is 12.1. The summed E-state index contributed by atoms with van der Waals surface area (Å²) in [6.45, 7) is 4.57. The Morgan fingerprint density at radius 2 is 1.88 bits per heavy atom. The lowest BCUT2D eigenvalue weighted by molar-refractivity contribution is 0.0304. The second-order valence-electron chi connectivity index (χ2n) is 7.52. The molecule has 4 fully saturated rings. The molecule has 0 aromatic heterocycles. The first-order valence-corrected chi connectivity index (χ1v) is 9.61. The van der Waals surface area contributed by atoms with E-state index in [0.29, 0.717) is 17.5 Å². The van der Waals surface area contributed by atoms with Crippen LogP contribution in [-0.4, -0.2) is 65.7 Å². The summed E-state index contributed by atoms with van der Waals surface area (Å²) in [5, 5.41) is 9.82. The van der Waals surface area contributed by atoms with Gasteiger partial charge in [0.05, 0.1) is 5.02 Å². The molecule has 1 aromatic rings. The second-order valence-corrected chi connectivity index (χ2v) is 7.93. The Morgan fingerprint density at radius 1 is 1.08 bits per heavy atom. The van der Waals surface area contributed by atoms with Crippen LogP contribution in [-0.2, 0) is 4.74 Å². The predicted octanol–water partition coefficient (Wildman–Crippen LogP) is 2.76. The van der Waals surface area contributed by atoms with Crippen LogP contribution in [0, 0.1) is 5.92 Å². The molecule has 0 spiro atoms. The number of amides is 1. The van der Waals surface area contributed by atoms with Crippen LogP contribution in [0.15, 0.2) is 18.2 Å². The Bertz CT molecular complexity index is 648. The van der Waals surface area contributed by atoms with Crippen molar-refractivity contribution >= 4 is 17.5 Å². The van der Waals surface area contributed by atoms with Crippen LogP contribution < -0.4 is 0 Å². The van der Waals surface area contributed by atoms with E-state index in [2.05, 4.69) is 4.90 Å². The summed E-state index contributed by atoms with van der Waals surface area (Å²) in [6, 6.07) is 5.60. The monoisotopic (exact) mass is 364 g/mol. The van der Waals surface area contributed by atoms with Crippen molar-refractivity contribution in [1.29, 1.82) is 0 Å². The number of carbonyl (C=O) groups is 1. The van der Waals surface area contributed by atoms with Crippen molar-refractivity contribution in [3.63, 3.8) is 0 Å². The van der Waals surface area contributed by atoms with Crippen molar-refractivity contribution in [2.45, 2.75) is 37.8 Å². The van der Waals surface area contributed by atoms with Crippen LogP contribution in [0.4, 0.5) is 0 Å². The number of fused-ring (bicyclic) bond motifs is 4. The van der Waals surface area contributed by atoms with E-state index in [1.807, 2.05) is 4.90 Å². The van der Waals surface area contributed by atoms with E-state index < -0.39 is 0 Å². The highest BCUT2D eigenvalue weighted by Gasteiger charge is 2.39. The van der Waals surface area contributed by atoms with Crippen molar-refractivity contribution in [2.24, 2.45) is 5.92 Å². The van der Waals surface area contributed by atoms with Gasteiger partial charge in [-0.1, -0.05) is 11.6 Å². The molecular formula is C19H25ClN2O3. The van der Waals surface area contributed by atoms with Crippen molar-refractivity contribution in [1.82, 2.24) is 9.80 Å². The Hall–Kier alpha value is -1.30. The number of aromatic hydroxyl groups is 1. The van der Waals surface area contributed by atoms with Gasteiger partial charge in [-0.25, -0.2) is 0 Å². The Morgan fingerprint density at radius 3 is 2.64 bits per heavy atom. The van der Waals surface area contributed by atoms with E-state index in [1.54, 1.807) is 12.1 Å². The molecule has 5 nitrogen and oxygen atoms in total. The molecule has 25 heavy (non-hydrogen) atoms. The number of halogens is 1. The van der Waals surface area contributed by atoms with Crippen LogP contribution in [0.2, 0.25) is 5.02 Å². The highest BCUT2D eigenvalue weighted by molar-refractivity contribution is 6.32. The third-order valence-corrected chi connectivity index (χ3v) is 6.21. The van der Waals surface area contributed by atoms with Gasteiger partial charge in [-0.15, -0.1) is 0 Å². The van der Waals surface area contributed by atoms with E-state index in [9.17, 15) is 9.90 Å². The van der Waals surface area contributed by atoms with E-state index in [4.69, 9.17) is 16.3 Å². The number of hydrogen-bond donors (Lipinski definition) is 1. The lowest BCUT2D eigenvalue weighted by atomic mass is 9.94. The van der Waals surface area contributed by atoms with Crippen molar-refractivity contribution in [2.75, 3.05) is 32.8 Å². The average Bonchev–Trinajstić information content (AvgIpc) is 2.96. The van der Waals surface area contributed by atoms with Crippen molar-refractivity contribution in [3.05, 3.63) is 28.8 Å². The molecule has 0 aliphatic carbocycles. The fourth-order valence-electron chi connectivity index (χ4n) is 4.52. The molecule has 136 valence electrons. The zero-order valence-electron chi connectivity index (χ0n) is 14.4. The number of phenols is 1. The molecule has 0 unspecified atom stereocenters. The van der Waals surface area contributed by atoms with Crippen LogP contribution in [0.3, 0.4) is 0 Å². The highest BCUT2D eigenvalue weighted by atomic mass is 35.5. The van der Waals surface area contributed by atoms with Gasteiger partial charge < -0.3 is 14.7 Å². The zero-order valence-corrected chi connectivity index (χ0v) is 15.1. The standard InChI is InChI=1S/C19H25ClN2O3/c20-17-9-14(2-4-18(17)23)19(24)22-11-13-1-3-16(22)12-21(10-13)15-5-7-25-8-6-15/h2,4,9,13,15-16,23H,1,3,5-8,10-12H2/t13-,16+/m1/s1. The van der Waals surface area contributed by atoms with Gasteiger partial charge in [0.2, 0.25) is 0 Å². The van der Waals surface area contributed by atoms with Crippen LogP contribution in [0.1, 0.15) is 36.0 Å². The minimum absolute atomic E-state index is 0.0151. The van der Waals surface area contributed by atoms with E-state index >= 15 is 0 Å². The number of phenolic OH excluding ortho intramolecular Hbond substituents is 1. The minimum atomic E-state index is 0.0151. The molecular weight excluding hydrogens is 340 g/mol. The molecule has 0 radical (unpaired) electrons. The first-order valence-electron chi connectivity index (χ1n) is 9.23. The molecule has 2 atom stereocenters. The summed E-state index contributed by atoms with van der Waals surface area (Å²) in [6.07, 6.45) is 4.47. The van der Waals surface area contributed by atoms with Crippen LogP contribution in [0.25, 0.3) is 0 Å². The molecule has 4 aliphatic rings. The number of rotatable bonds is 2. The maximum Gasteiger partial charge on any atom is 0.254 e. The summed E-state index contributed by atoms with van der Waals surface area (Å²) in [5.41, 5.74) is 0.563. The Labute approximate surface area is 153 Å². The van der Waals surface area contributed by atoms with E-state index in [0.717, 1.165) is 52.1 Å². The first kappa shape index (κ1) is 17.1. The fraction of sp³-hybridized carbons (Fsp3) is 0.632. The van der Waals surface area contributed by atoms with Gasteiger partial charge in [0.15, 0.2) is 0 Å². The number of piperidine rings is 1. The lowest BCUT2D eigenvalue weighted by Gasteiger charge is -2.37. The Balaban J connectivity index is 1.51.